The van der Waals surface area contributed by atoms with Gasteiger partial charge in [-0.15, -0.1) is 11.7 Å². The smallest absolute Gasteiger partial charge is 0.208 e. The van der Waals surface area contributed by atoms with Gasteiger partial charge >= 0.3 is 0 Å². The molecule has 0 radical (unpaired) electrons. The van der Waals surface area contributed by atoms with Gasteiger partial charge in [-0.1, -0.05) is 43.5 Å². The fraction of sp³-hybridized carbons (Fsp3) is 0.526. The monoisotopic (exact) mass is 358 g/mol. The van der Waals surface area contributed by atoms with E-state index in [9.17, 15) is 4.79 Å². The number of aryl methyl sites for hydroxylation is 1. The molecule has 1 saturated carbocycles. The first-order chi connectivity index (χ1) is 12.1. The van der Waals surface area contributed by atoms with Crippen LogP contribution in [0.5, 0.6) is 0 Å². The molecular formula is C19H26N4OS. The number of hydrogen-bond acceptors (Lipinski definition) is 4. The van der Waals surface area contributed by atoms with E-state index >= 15 is 0 Å². The summed E-state index contributed by atoms with van der Waals surface area (Å²) in [5.74, 6) is 2.17. The van der Waals surface area contributed by atoms with Crippen LogP contribution in [0.2, 0.25) is 0 Å². The number of aromatic amines is 1. The number of Topliss-reactive ketones (excluding diaryl/α,β-unsaturated/α-hetero) is 1. The summed E-state index contributed by atoms with van der Waals surface area (Å²) in [6.07, 6.45) is 8.08. The number of hydrogen-bond donors (Lipinski definition) is 1. The minimum atomic E-state index is 0.121. The Morgan fingerprint density at radius 1 is 1.44 bits per heavy atom. The van der Waals surface area contributed by atoms with E-state index in [4.69, 9.17) is 0 Å². The van der Waals surface area contributed by atoms with Crippen molar-refractivity contribution in [2.45, 2.75) is 57.7 Å². The summed E-state index contributed by atoms with van der Waals surface area (Å²) in [4.78, 5) is 17.1. The average molecular weight is 359 g/mol. The van der Waals surface area contributed by atoms with Crippen LogP contribution in [-0.2, 0) is 13.0 Å². The summed E-state index contributed by atoms with van der Waals surface area (Å²) in [6.45, 7) is 8.51. The average Bonchev–Trinajstić information content (AvgIpc) is 3.31. The van der Waals surface area contributed by atoms with Crippen molar-refractivity contribution in [3.05, 3.63) is 41.5 Å². The van der Waals surface area contributed by atoms with Crippen molar-refractivity contribution in [3.63, 3.8) is 0 Å². The first kappa shape index (κ1) is 18.0. The van der Waals surface area contributed by atoms with Gasteiger partial charge in [0.05, 0.1) is 5.75 Å². The van der Waals surface area contributed by atoms with Gasteiger partial charge in [0.25, 0.3) is 0 Å². The maximum absolute atomic E-state index is 12.6. The molecule has 6 heteroatoms. The zero-order valence-corrected chi connectivity index (χ0v) is 15.9. The van der Waals surface area contributed by atoms with Crippen LogP contribution < -0.4 is 0 Å². The van der Waals surface area contributed by atoms with E-state index in [1.807, 2.05) is 26.0 Å². The maximum Gasteiger partial charge on any atom is 0.208 e. The fourth-order valence-corrected chi connectivity index (χ4v) is 4.32. The third-order valence-corrected chi connectivity index (χ3v) is 5.83. The second kappa shape index (κ2) is 8.04. The Hall–Kier alpha value is -1.82. The molecule has 3 rings (SSSR count). The molecule has 0 spiro atoms. The van der Waals surface area contributed by atoms with E-state index in [0.717, 1.165) is 41.7 Å². The Morgan fingerprint density at radius 3 is 2.92 bits per heavy atom. The first-order valence-corrected chi connectivity index (χ1v) is 9.92. The molecule has 0 atom stereocenters. The molecule has 2 heterocycles. The van der Waals surface area contributed by atoms with Crippen LogP contribution in [0.3, 0.4) is 0 Å². The minimum absolute atomic E-state index is 0.121. The predicted molar refractivity (Wildman–Crippen MR) is 101 cm³/mol. The highest BCUT2D eigenvalue weighted by Gasteiger charge is 2.19. The number of ketones is 1. The second-order valence-corrected chi connectivity index (χ2v) is 7.76. The molecule has 5 nitrogen and oxygen atoms in total. The van der Waals surface area contributed by atoms with Crippen molar-refractivity contribution in [1.29, 1.82) is 0 Å². The number of rotatable bonds is 8. The Balaban J connectivity index is 1.58. The summed E-state index contributed by atoms with van der Waals surface area (Å²) >= 11 is 1.41. The Bertz CT molecular complexity index is 756. The normalized spacial score (nSPS) is 15.0. The molecule has 25 heavy (non-hydrogen) atoms. The van der Waals surface area contributed by atoms with Crippen LogP contribution in [0.25, 0.3) is 0 Å². The van der Waals surface area contributed by atoms with Gasteiger partial charge in [-0.2, -0.15) is 0 Å². The molecule has 1 N–H and O–H groups in total. The third-order valence-electron chi connectivity index (χ3n) is 4.99. The molecule has 1 fully saturated rings. The lowest BCUT2D eigenvalue weighted by molar-refractivity contribution is 0.102. The molecule has 0 amide bonds. The molecule has 134 valence electrons. The summed E-state index contributed by atoms with van der Waals surface area (Å²) in [5.41, 5.74) is 2.87. The quantitative estimate of drug-likeness (QED) is 0.438. The zero-order valence-electron chi connectivity index (χ0n) is 15.0. The Morgan fingerprint density at radius 2 is 2.20 bits per heavy atom. The predicted octanol–water partition coefficient (Wildman–Crippen LogP) is 4.12. The molecule has 0 aliphatic heterocycles. The SMILES string of the molecule is C=CCn1c(C)cc(C(=O)CSc2n[nH]c(CC3CCCC3)n2)c1C. The lowest BCUT2D eigenvalue weighted by Gasteiger charge is -2.06. The number of nitrogens with zero attached hydrogens (tertiary/aromatic N) is 3. The zero-order chi connectivity index (χ0) is 17.8. The Labute approximate surface area is 153 Å². The number of nitrogens with one attached hydrogen (secondary N) is 1. The van der Waals surface area contributed by atoms with Crippen LogP contribution in [-0.4, -0.2) is 31.3 Å². The maximum atomic E-state index is 12.6. The van der Waals surface area contributed by atoms with E-state index in [1.54, 1.807) is 0 Å². The molecule has 1 aliphatic carbocycles. The van der Waals surface area contributed by atoms with Gasteiger partial charge in [-0.25, -0.2) is 4.98 Å². The first-order valence-electron chi connectivity index (χ1n) is 8.93. The van der Waals surface area contributed by atoms with Gasteiger partial charge in [0.2, 0.25) is 5.16 Å². The van der Waals surface area contributed by atoms with Crippen molar-refractivity contribution in [1.82, 2.24) is 19.7 Å². The number of carbonyl (C=O) groups excluding carboxylic acids is 1. The van der Waals surface area contributed by atoms with Crippen LogP contribution in [0.4, 0.5) is 0 Å². The molecular weight excluding hydrogens is 332 g/mol. The highest BCUT2D eigenvalue weighted by molar-refractivity contribution is 7.99. The van der Waals surface area contributed by atoms with Crippen molar-refractivity contribution in [2.24, 2.45) is 5.92 Å². The summed E-state index contributed by atoms with van der Waals surface area (Å²) in [5, 5.41) is 7.95. The number of carbonyl (C=O) groups is 1. The number of aromatic nitrogens is 4. The van der Waals surface area contributed by atoms with Crippen molar-refractivity contribution < 1.29 is 4.79 Å². The van der Waals surface area contributed by atoms with Crippen molar-refractivity contribution in [2.75, 3.05) is 5.75 Å². The van der Waals surface area contributed by atoms with E-state index < -0.39 is 0 Å². The fourth-order valence-electron chi connectivity index (χ4n) is 3.62. The van der Waals surface area contributed by atoms with Crippen LogP contribution >= 0.6 is 11.8 Å². The molecule has 2 aromatic rings. The summed E-state index contributed by atoms with van der Waals surface area (Å²) in [7, 11) is 0. The number of thioether (sulfide) groups is 1. The van der Waals surface area contributed by atoms with Gasteiger partial charge in [0.1, 0.15) is 5.82 Å². The molecule has 2 aromatic heterocycles. The van der Waals surface area contributed by atoms with E-state index in [0.29, 0.717) is 10.9 Å². The summed E-state index contributed by atoms with van der Waals surface area (Å²) in [6, 6.07) is 1.96. The molecule has 0 saturated heterocycles. The van der Waals surface area contributed by atoms with Gasteiger partial charge in [0, 0.05) is 29.9 Å². The number of H-pyrrole nitrogens is 1. The minimum Gasteiger partial charge on any atom is -0.345 e. The van der Waals surface area contributed by atoms with Gasteiger partial charge in [-0.3, -0.25) is 9.89 Å². The van der Waals surface area contributed by atoms with Crippen LogP contribution in [0.15, 0.2) is 23.9 Å². The molecule has 0 aromatic carbocycles. The van der Waals surface area contributed by atoms with Crippen LogP contribution in [0.1, 0.15) is 53.3 Å². The molecule has 0 bridgehead atoms. The molecule has 0 unspecified atom stereocenters. The van der Waals surface area contributed by atoms with Crippen molar-refractivity contribution in [3.8, 4) is 0 Å². The lowest BCUT2D eigenvalue weighted by Crippen LogP contribution is -2.06. The van der Waals surface area contributed by atoms with E-state index in [1.165, 1.54) is 37.4 Å². The van der Waals surface area contributed by atoms with E-state index in [2.05, 4.69) is 26.3 Å². The highest BCUT2D eigenvalue weighted by atomic mass is 32.2. The van der Waals surface area contributed by atoms with Gasteiger partial charge in [0.15, 0.2) is 5.78 Å². The topological polar surface area (TPSA) is 63.6 Å². The standard InChI is InChI=1S/C19H26N4OS/c1-4-9-23-13(2)10-16(14(23)3)17(24)12-25-19-20-18(21-22-19)11-15-7-5-6-8-15/h4,10,15H,1,5-9,11-12H2,2-3H3,(H,20,21,22). The lowest BCUT2D eigenvalue weighted by atomic mass is 10.0. The van der Waals surface area contributed by atoms with Gasteiger partial charge < -0.3 is 4.57 Å². The molecule has 1 aliphatic rings. The largest absolute Gasteiger partial charge is 0.345 e. The van der Waals surface area contributed by atoms with Crippen LogP contribution in [0, 0.1) is 19.8 Å². The third kappa shape index (κ3) is 4.24. The van der Waals surface area contributed by atoms with Crippen molar-refractivity contribution >= 4 is 17.5 Å². The number of allylic oxidation sites excluding steroid dienone is 1. The van der Waals surface area contributed by atoms with E-state index in [-0.39, 0.29) is 5.78 Å². The highest BCUT2D eigenvalue weighted by Crippen LogP contribution is 2.27. The van der Waals surface area contributed by atoms with Gasteiger partial charge in [-0.05, 0) is 25.8 Å². The summed E-state index contributed by atoms with van der Waals surface area (Å²) < 4.78 is 2.11. The Kier molecular flexibility index (Phi) is 5.78. The second-order valence-electron chi connectivity index (χ2n) is 6.82.